The van der Waals surface area contributed by atoms with Gasteiger partial charge in [-0.25, -0.2) is 15.0 Å². The molecular formula is C53H32N4O. The summed E-state index contributed by atoms with van der Waals surface area (Å²) in [6, 6.07) is 68.1. The molecule has 0 spiro atoms. The summed E-state index contributed by atoms with van der Waals surface area (Å²) in [5, 5.41) is 9.00. The molecule has 58 heavy (non-hydrogen) atoms. The number of benzene rings is 9. The summed E-state index contributed by atoms with van der Waals surface area (Å²) in [6.45, 7) is 0. The molecule has 0 bridgehead atoms. The first-order chi connectivity index (χ1) is 28.7. The summed E-state index contributed by atoms with van der Waals surface area (Å²) in [5.74, 6) is 1.86. The molecule has 5 nitrogen and oxygen atoms in total. The molecule has 0 aliphatic rings. The summed E-state index contributed by atoms with van der Waals surface area (Å²) in [6.07, 6.45) is 0. The number of furan rings is 1. The molecule has 3 aromatic heterocycles. The maximum atomic E-state index is 6.89. The number of nitrogens with zero attached hydrogens (tertiary/aromatic N) is 4. The second-order valence-electron chi connectivity index (χ2n) is 14.8. The lowest BCUT2D eigenvalue weighted by Crippen LogP contribution is -2.00. The van der Waals surface area contributed by atoms with E-state index in [0.717, 1.165) is 66.1 Å². The molecule has 0 aliphatic carbocycles. The Bertz CT molecular complexity index is 3500. The third-order valence-corrected chi connectivity index (χ3v) is 11.4. The van der Waals surface area contributed by atoms with Crippen LogP contribution in [0.3, 0.4) is 0 Å². The van der Waals surface area contributed by atoms with Crippen molar-refractivity contribution >= 4 is 65.3 Å². The molecule has 3 heterocycles. The van der Waals surface area contributed by atoms with Crippen LogP contribution in [0.5, 0.6) is 0 Å². The first-order valence-electron chi connectivity index (χ1n) is 19.5. The van der Waals surface area contributed by atoms with Gasteiger partial charge in [-0.05, 0) is 69.8 Å². The van der Waals surface area contributed by atoms with E-state index in [0.29, 0.717) is 17.5 Å². The molecule has 0 aliphatic heterocycles. The number of hydrogen-bond donors (Lipinski definition) is 0. The van der Waals surface area contributed by atoms with Crippen molar-refractivity contribution < 1.29 is 4.42 Å². The highest BCUT2D eigenvalue weighted by Crippen LogP contribution is 2.44. The van der Waals surface area contributed by atoms with Gasteiger partial charge in [0.1, 0.15) is 11.2 Å². The van der Waals surface area contributed by atoms with Gasteiger partial charge in [-0.2, -0.15) is 0 Å². The van der Waals surface area contributed by atoms with Gasteiger partial charge in [-0.1, -0.05) is 152 Å². The monoisotopic (exact) mass is 740 g/mol. The average Bonchev–Trinajstić information content (AvgIpc) is 3.84. The van der Waals surface area contributed by atoms with Crippen LogP contribution in [0.2, 0.25) is 0 Å². The molecule has 0 saturated carbocycles. The molecule has 12 rings (SSSR count). The number of hydrogen-bond acceptors (Lipinski definition) is 4. The van der Waals surface area contributed by atoms with Crippen LogP contribution in [0.1, 0.15) is 0 Å². The molecule has 0 saturated heterocycles. The first-order valence-corrected chi connectivity index (χ1v) is 19.5. The van der Waals surface area contributed by atoms with Crippen molar-refractivity contribution in [2.45, 2.75) is 0 Å². The van der Waals surface area contributed by atoms with Gasteiger partial charge in [-0.3, -0.25) is 0 Å². The number of aromatic nitrogens is 4. The zero-order valence-corrected chi connectivity index (χ0v) is 31.2. The predicted octanol–water partition coefficient (Wildman–Crippen LogP) is 13.8. The summed E-state index contributed by atoms with van der Waals surface area (Å²) >= 11 is 0. The molecule has 0 radical (unpaired) electrons. The van der Waals surface area contributed by atoms with Crippen LogP contribution in [0.4, 0.5) is 0 Å². The minimum atomic E-state index is 0.603. The fourth-order valence-electron chi connectivity index (χ4n) is 8.62. The fraction of sp³-hybridized carbons (Fsp3) is 0. The highest BCUT2D eigenvalue weighted by atomic mass is 16.3. The van der Waals surface area contributed by atoms with E-state index in [1.807, 2.05) is 66.7 Å². The van der Waals surface area contributed by atoms with Crippen molar-refractivity contribution in [1.82, 2.24) is 19.5 Å². The summed E-state index contributed by atoms with van der Waals surface area (Å²) in [4.78, 5) is 15.0. The van der Waals surface area contributed by atoms with Gasteiger partial charge >= 0.3 is 0 Å². The Labute approximate surface area is 333 Å². The zero-order chi connectivity index (χ0) is 38.2. The Morgan fingerprint density at radius 2 is 0.897 bits per heavy atom. The van der Waals surface area contributed by atoms with Crippen LogP contribution in [-0.4, -0.2) is 19.5 Å². The molecule has 9 aromatic carbocycles. The Morgan fingerprint density at radius 3 is 1.60 bits per heavy atom. The van der Waals surface area contributed by atoms with Gasteiger partial charge in [0.25, 0.3) is 0 Å². The van der Waals surface area contributed by atoms with Gasteiger partial charge < -0.3 is 8.98 Å². The molecule has 5 heteroatoms. The second-order valence-corrected chi connectivity index (χ2v) is 14.8. The second kappa shape index (κ2) is 12.8. The van der Waals surface area contributed by atoms with Crippen molar-refractivity contribution in [3.05, 3.63) is 194 Å². The van der Waals surface area contributed by atoms with E-state index in [9.17, 15) is 0 Å². The van der Waals surface area contributed by atoms with Gasteiger partial charge in [0, 0.05) is 38.2 Å². The lowest BCUT2D eigenvalue weighted by atomic mass is 10.0. The maximum absolute atomic E-state index is 6.89. The van der Waals surface area contributed by atoms with E-state index in [4.69, 9.17) is 19.4 Å². The largest absolute Gasteiger partial charge is 0.455 e. The van der Waals surface area contributed by atoms with Crippen LogP contribution < -0.4 is 0 Å². The summed E-state index contributed by atoms with van der Waals surface area (Å²) in [5.41, 5.74) is 10.2. The molecule has 270 valence electrons. The number of rotatable bonds is 5. The van der Waals surface area contributed by atoms with E-state index in [1.165, 1.54) is 32.7 Å². The zero-order valence-electron chi connectivity index (χ0n) is 31.2. The molecule has 0 atom stereocenters. The van der Waals surface area contributed by atoms with Crippen LogP contribution in [0, 0.1) is 0 Å². The highest BCUT2D eigenvalue weighted by molar-refractivity contribution is 6.22. The summed E-state index contributed by atoms with van der Waals surface area (Å²) in [7, 11) is 0. The Kier molecular flexibility index (Phi) is 7.16. The lowest BCUT2D eigenvalue weighted by molar-refractivity contribution is 0.672. The van der Waals surface area contributed by atoms with Gasteiger partial charge in [-0.15, -0.1) is 0 Å². The third-order valence-electron chi connectivity index (χ3n) is 11.4. The van der Waals surface area contributed by atoms with E-state index < -0.39 is 0 Å². The van der Waals surface area contributed by atoms with E-state index in [1.54, 1.807) is 0 Å². The molecule has 0 fully saturated rings. The van der Waals surface area contributed by atoms with E-state index in [-0.39, 0.29) is 0 Å². The van der Waals surface area contributed by atoms with Gasteiger partial charge in [0.2, 0.25) is 0 Å². The molecule has 0 N–H and O–H groups in total. The van der Waals surface area contributed by atoms with Crippen molar-refractivity contribution in [1.29, 1.82) is 0 Å². The quantitative estimate of drug-likeness (QED) is 0.176. The molecule has 0 amide bonds. The van der Waals surface area contributed by atoms with Gasteiger partial charge in [0.05, 0.1) is 22.1 Å². The molecule has 12 aromatic rings. The minimum Gasteiger partial charge on any atom is -0.455 e. The van der Waals surface area contributed by atoms with E-state index in [2.05, 4.69) is 132 Å². The van der Waals surface area contributed by atoms with Crippen molar-refractivity contribution in [2.75, 3.05) is 0 Å². The van der Waals surface area contributed by atoms with Crippen molar-refractivity contribution in [2.24, 2.45) is 0 Å². The van der Waals surface area contributed by atoms with E-state index >= 15 is 0 Å². The Morgan fingerprint density at radius 1 is 0.345 bits per heavy atom. The third kappa shape index (κ3) is 5.14. The fourth-order valence-corrected chi connectivity index (χ4v) is 8.62. The topological polar surface area (TPSA) is 56.7 Å². The van der Waals surface area contributed by atoms with Crippen LogP contribution in [-0.2, 0) is 0 Å². The average molecular weight is 741 g/mol. The summed E-state index contributed by atoms with van der Waals surface area (Å²) < 4.78 is 9.32. The van der Waals surface area contributed by atoms with Crippen LogP contribution in [0.15, 0.2) is 199 Å². The molecule has 0 unspecified atom stereocenters. The van der Waals surface area contributed by atoms with Crippen molar-refractivity contribution in [3.8, 4) is 51.0 Å². The van der Waals surface area contributed by atoms with Gasteiger partial charge in [0.15, 0.2) is 17.5 Å². The normalized spacial score (nSPS) is 11.8. The smallest absolute Gasteiger partial charge is 0.164 e. The standard InChI is InChI=1S/C53H32N4O/c1-4-14-33(15-5-1)38-26-27-45-43(29-38)44-28-36-20-10-11-21-37(36)31-46(44)57(45)47-32-39-24-25-40(30-42(39)50-49(47)41-22-12-13-23-48(41)58-50)53-55-51(34-16-6-2-7-17-34)54-52(56-53)35-18-8-3-9-19-35/h1-32H. The van der Waals surface area contributed by atoms with Crippen LogP contribution >= 0.6 is 0 Å². The highest BCUT2D eigenvalue weighted by Gasteiger charge is 2.22. The number of para-hydroxylation sites is 1. The molecular weight excluding hydrogens is 709 g/mol. The number of fused-ring (bicyclic) bond motifs is 9. The Balaban J connectivity index is 1.13. The SMILES string of the molecule is c1ccc(-c2ccc3c(c2)c2cc4ccccc4cc2n3-c2cc3ccc(-c4nc(-c5ccccc5)nc(-c5ccccc5)n4)cc3c3oc4ccccc4c23)cc1. The minimum absolute atomic E-state index is 0.603. The first kappa shape index (κ1) is 32.4. The lowest BCUT2D eigenvalue weighted by Gasteiger charge is -2.13. The maximum Gasteiger partial charge on any atom is 0.164 e. The van der Waals surface area contributed by atoms with Crippen LogP contribution in [0.25, 0.3) is 116 Å². The Hall–Kier alpha value is -7.89. The van der Waals surface area contributed by atoms with Crippen molar-refractivity contribution in [3.63, 3.8) is 0 Å². The predicted molar refractivity (Wildman–Crippen MR) is 238 cm³/mol.